The second kappa shape index (κ2) is 6.44. The highest BCUT2D eigenvalue weighted by Gasteiger charge is 2.49. The molecule has 0 aliphatic carbocycles. The number of rotatable bonds is 7. The molecule has 4 nitrogen and oxygen atoms in total. The molecular weight excluding hydrogens is 191 g/mol. The number of hydrogen-bond donors (Lipinski definition) is 0. The SMILES string of the molecule is CCO[P+](=O)C(C)(OCC)OCC. The Labute approximate surface area is 80.4 Å². The van der Waals surface area contributed by atoms with Crippen LogP contribution in [0, 0.1) is 0 Å². The minimum absolute atomic E-state index is 0.394. The zero-order valence-corrected chi connectivity index (χ0v) is 9.60. The molecule has 1 atom stereocenters. The van der Waals surface area contributed by atoms with Crippen molar-refractivity contribution in [2.75, 3.05) is 19.8 Å². The van der Waals surface area contributed by atoms with Crippen molar-refractivity contribution >= 4 is 8.03 Å². The van der Waals surface area contributed by atoms with Crippen LogP contribution in [0.4, 0.5) is 0 Å². The fourth-order valence-electron chi connectivity index (χ4n) is 0.917. The quantitative estimate of drug-likeness (QED) is 0.477. The lowest BCUT2D eigenvalue weighted by atomic mass is 10.7. The Kier molecular flexibility index (Phi) is 6.43. The van der Waals surface area contributed by atoms with Crippen LogP contribution in [0.15, 0.2) is 0 Å². The van der Waals surface area contributed by atoms with Crippen molar-refractivity contribution in [3.8, 4) is 0 Å². The smallest absolute Gasteiger partial charge is 0.308 e. The standard InChI is InChI=1S/C8H18O4P/c1-5-10-8(4,11-6-2)13(9)12-7-3/h5-7H2,1-4H3/q+1. The summed E-state index contributed by atoms with van der Waals surface area (Å²) in [5.74, 6) is 0. The summed E-state index contributed by atoms with van der Waals surface area (Å²) in [6, 6.07) is 0. The van der Waals surface area contributed by atoms with Crippen molar-refractivity contribution in [3.05, 3.63) is 0 Å². The fourth-order valence-corrected chi connectivity index (χ4v) is 1.86. The van der Waals surface area contributed by atoms with E-state index in [1.165, 1.54) is 0 Å². The molecule has 78 valence electrons. The highest BCUT2D eigenvalue weighted by molar-refractivity contribution is 7.40. The molecule has 0 aromatic carbocycles. The summed E-state index contributed by atoms with van der Waals surface area (Å²) in [6.45, 7) is 8.36. The summed E-state index contributed by atoms with van der Waals surface area (Å²) >= 11 is 0. The summed E-state index contributed by atoms with van der Waals surface area (Å²) in [6.07, 6.45) is 0. The number of hydrogen-bond acceptors (Lipinski definition) is 4. The van der Waals surface area contributed by atoms with E-state index in [9.17, 15) is 4.57 Å². The Balaban J connectivity index is 4.27. The lowest BCUT2D eigenvalue weighted by molar-refractivity contribution is -0.164. The van der Waals surface area contributed by atoms with Gasteiger partial charge in [0.15, 0.2) is 0 Å². The average Bonchev–Trinajstić information content (AvgIpc) is 2.05. The molecule has 0 saturated carbocycles. The summed E-state index contributed by atoms with van der Waals surface area (Å²) in [5.41, 5.74) is -1.10. The second-order valence-electron chi connectivity index (χ2n) is 2.44. The fraction of sp³-hybridized carbons (Fsp3) is 1.00. The Morgan fingerprint density at radius 3 is 1.85 bits per heavy atom. The molecule has 0 aromatic heterocycles. The first-order valence-corrected chi connectivity index (χ1v) is 5.66. The van der Waals surface area contributed by atoms with Crippen molar-refractivity contribution in [3.63, 3.8) is 0 Å². The molecule has 0 saturated heterocycles. The molecule has 0 rings (SSSR count). The lowest BCUT2D eigenvalue weighted by Crippen LogP contribution is -2.29. The highest BCUT2D eigenvalue weighted by atomic mass is 31.1. The number of ether oxygens (including phenoxy) is 2. The summed E-state index contributed by atoms with van der Waals surface area (Å²) < 4.78 is 27.0. The van der Waals surface area contributed by atoms with Crippen molar-refractivity contribution in [2.45, 2.75) is 33.2 Å². The lowest BCUT2D eigenvalue weighted by Gasteiger charge is -2.16. The predicted octanol–water partition coefficient (Wildman–Crippen LogP) is 2.51. The van der Waals surface area contributed by atoms with Gasteiger partial charge in [0, 0.05) is 6.92 Å². The van der Waals surface area contributed by atoms with Crippen molar-refractivity contribution in [1.82, 2.24) is 0 Å². The molecule has 0 aliphatic rings. The van der Waals surface area contributed by atoms with Crippen LogP contribution < -0.4 is 0 Å². The second-order valence-corrected chi connectivity index (χ2v) is 4.02. The van der Waals surface area contributed by atoms with E-state index in [0.717, 1.165) is 0 Å². The van der Waals surface area contributed by atoms with E-state index in [0.29, 0.717) is 19.8 Å². The van der Waals surface area contributed by atoms with Gasteiger partial charge in [0.1, 0.15) is 0 Å². The van der Waals surface area contributed by atoms with Gasteiger partial charge >= 0.3 is 13.6 Å². The van der Waals surface area contributed by atoms with Crippen LogP contribution in [0.25, 0.3) is 0 Å². The van der Waals surface area contributed by atoms with E-state index in [2.05, 4.69) is 0 Å². The molecule has 5 heteroatoms. The van der Waals surface area contributed by atoms with Gasteiger partial charge < -0.3 is 9.47 Å². The maximum atomic E-state index is 11.5. The Hall–Kier alpha value is -0.0200. The molecule has 0 bridgehead atoms. The maximum Gasteiger partial charge on any atom is 0.575 e. The Bertz CT molecular complexity index is 154. The maximum absolute atomic E-state index is 11.5. The molecule has 0 aliphatic heterocycles. The molecule has 13 heavy (non-hydrogen) atoms. The van der Waals surface area contributed by atoms with E-state index in [4.69, 9.17) is 14.0 Å². The van der Waals surface area contributed by atoms with Gasteiger partial charge in [-0.1, -0.05) is 0 Å². The topological polar surface area (TPSA) is 44.8 Å². The van der Waals surface area contributed by atoms with Crippen LogP contribution in [0.3, 0.4) is 0 Å². The Morgan fingerprint density at radius 2 is 1.54 bits per heavy atom. The molecular formula is C8H18O4P+. The van der Waals surface area contributed by atoms with Crippen LogP contribution in [-0.4, -0.2) is 25.3 Å². The van der Waals surface area contributed by atoms with E-state index < -0.39 is 13.6 Å². The van der Waals surface area contributed by atoms with Crippen LogP contribution in [-0.2, 0) is 18.6 Å². The van der Waals surface area contributed by atoms with Gasteiger partial charge in [0.2, 0.25) is 0 Å². The minimum atomic E-state index is -1.93. The van der Waals surface area contributed by atoms with Gasteiger partial charge in [-0.3, -0.25) is 0 Å². The van der Waals surface area contributed by atoms with E-state index in [1.54, 1.807) is 13.8 Å². The first-order valence-electron chi connectivity index (χ1n) is 4.48. The minimum Gasteiger partial charge on any atom is -0.308 e. The van der Waals surface area contributed by atoms with Gasteiger partial charge in [-0.2, -0.15) is 0 Å². The van der Waals surface area contributed by atoms with Gasteiger partial charge in [-0.05, 0) is 25.3 Å². The van der Waals surface area contributed by atoms with E-state index >= 15 is 0 Å². The van der Waals surface area contributed by atoms with Crippen LogP contribution in [0.2, 0.25) is 0 Å². The third-order valence-corrected chi connectivity index (χ3v) is 2.82. The molecule has 1 unspecified atom stereocenters. The molecule has 0 radical (unpaired) electrons. The Morgan fingerprint density at radius 1 is 1.08 bits per heavy atom. The predicted molar refractivity (Wildman–Crippen MR) is 50.9 cm³/mol. The van der Waals surface area contributed by atoms with Crippen molar-refractivity contribution < 1.29 is 18.6 Å². The van der Waals surface area contributed by atoms with Crippen molar-refractivity contribution in [1.29, 1.82) is 0 Å². The average molecular weight is 209 g/mol. The molecule has 0 aromatic rings. The van der Waals surface area contributed by atoms with Crippen LogP contribution >= 0.6 is 8.03 Å². The first-order chi connectivity index (χ1) is 6.10. The molecule has 0 fully saturated rings. The van der Waals surface area contributed by atoms with Gasteiger partial charge in [0.25, 0.3) is 0 Å². The summed E-state index contributed by atoms with van der Waals surface area (Å²) in [4.78, 5) is 0. The van der Waals surface area contributed by atoms with Gasteiger partial charge in [-0.15, -0.1) is 4.52 Å². The van der Waals surface area contributed by atoms with Crippen LogP contribution in [0.5, 0.6) is 0 Å². The molecule has 0 heterocycles. The van der Waals surface area contributed by atoms with Gasteiger partial charge in [-0.25, -0.2) is 0 Å². The van der Waals surface area contributed by atoms with Crippen molar-refractivity contribution in [2.24, 2.45) is 0 Å². The third kappa shape index (κ3) is 4.14. The van der Waals surface area contributed by atoms with Gasteiger partial charge in [0.05, 0.1) is 19.8 Å². The third-order valence-electron chi connectivity index (χ3n) is 1.40. The molecule has 0 spiro atoms. The van der Waals surface area contributed by atoms with Crippen LogP contribution in [0.1, 0.15) is 27.7 Å². The zero-order valence-electron chi connectivity index (χ0n) is 8.70. The summed E-state index contributed by atoms with van der Waals surface area (Å²) in [7, 11) is -1.93. The summed E-state index contributed by atoms with van der Waals surface area (Å²) in [5, 5.41) is 0. The first kappa shape index (κ1) is 13.0. The highest BCUT2D eigenvalue weighted by Crippen LogP contribution is 2.41. The normalized spacial score (nSPS) is 13.1. The monoisotopic (exact) mass is 209 g/mol. The van der Waals surface area contributed by atoms with E-state index in [1.807, 2.05) is 13.8 Å². The van der Waals surface area contributed by atoms with E-state index in [-0.39, 0.29) is 0 Å². The largest absolute Gasteiger partial charge is 0.575 e. The molecule has 0 N–H and O–H groups in total. The zero-order chi connectivity index (χ0) is 10.3. The molecule has 0 amide bonds.